The average molecular weight is 425 g/mol. The number of phenolic OH excluding ortho intramolecular Hbond substituents is 1. The molecule has 2 N–H and O–H groups in total. The zero-order valence-electron chi connectivity index (χ0n) is 18.0. The molecule has 0 aliphatic rings. The number of halogens is 3. The van der Waals surface area contributed by atoms with Crippen molar-refractivity contribution in [3.05, 3.63) is 41.1 Å². The topological polar surface area (TPSA) is 69.5 Å². The fraction of sp³-hybridized carbons (Fsp3) is 0.545. The summed E-state index contributed by atoms with van der Waals surface area (Å²) >= 11 is 0. The SMILES string of the molecule is Cc1cc([C@H](O)[C@@H](C)CCCN(C)C(C)C)nnc1-c1ccc(C(F)(F)F)cc1O. The predicted molar refractivity (Wildman–Crippen MR) is 110 cm³/mol. The summed E-state index contributed by atoms with van der Waals surface area (Å²) in [5.41, 5.74) is 0.536. The van der Waals surface area contributed by atoms with Crippen molar-refractivity contribution in [2.24, 2.45) is 5.92 Å². The predicted octanol–water partition coefficient (Wildman–Crippen LogP) is 4.97. The van der Waals surface area contributed by atoms with Gasteiger partial charge in [0.15, 0.2) is 0 Å². The highest BCUT2D eigenvalue weighted by atomic mass is 19.4. The molecule has 1 heterocycles. The number of aliphatic hydroxyl groups excluding tert-OH is 1. The van der Waals surface area contributed by atoms with Gasteiger partial charge in [-0.2, -0.15) is 18.3 Å². The van der Waals surface area contributed by atoms with Gasteiger partial charge in [-0.1, -0.05) is 6.92 Å². The van der Waals surface area contributed by atoms with Gasteiger partial charge in [-0.25, -0.2) is 0 Å². The van der Waals surface area contributed by atoms with Crippen LogP contribution in [-0.4, -0.2) is 44.9 Å². The van der Waals surface area contributed by atoms with Gasteiger partial charge in [0, 0.05) is 11.6 Å². The molecule has 0 bridgehead atoms. The van der Waals surface area contributed by atoms with Crippen molar-refractivity contribution in [2.75, 3.05) is 13.6 Å². The van der Waals surface area contributed by atoms with Gasteiger partial charge in [0.2, 0.25) is 0 Å². The van der Waals surface area contributed by atoms with Gasteiger partial charge in [-0.05, 0) is 83.0 Å². The lowest BCUT2D eigenvalue weighted by Gasteiger charge is -2.23. The summed E-state index contributed by atoms with van der Waals surface area (Å²) in [6.07, 6.45) is -3.57. The molecule has 0 spiro atoms. The molecule has 166 valence electrons. The highest BCUT2D eigenvalue weighted by Crippen LogP contribution is 2.37. The number of aromatic nitrogens is 2. The van der Waals surface area contributed by atoms with Gasteiger partial charge in [0.1, 0.15) is 11.9 Å². The minimum absolute atomic E-state index is 0.0235. The second-order valence-electron chi connectivity index (χ2n) is 8.17. The summed E-state index contributed by atoms with van der Waals surface area (Å²) in [6, 6.07) is 4.89. The van der Waals surface area contributed by atoms with Gasteiger partial charge < -0.3 is 15.1 Å². The Morgan fingerprint density at radius 2 is 1.77 bits per heavy atom. The molecule has 0 saturated carbocycles. The van der Waals surface area contributed by atoms with E-state index in [1.165, 1.54) is 6.07 Å². The molecule has 0 radical (unpaired) electrons. The van der Waals surface area contributed by atoms with Gasteiger partial charge in [-0.15, -0.1) is 5.10 Å². The molecular formula is C22H30F3N3O2. The summed E-state index contributed by atoms with van der Waals surface area (Å²) in [5, 5.41) is 28.9. The lowest BCUT2D eigenvalue weighted by molar-refractivity contribution is -0.137. The zero-order valence-corrected chi connectivity index (χ0v) is 18.0. The van der Waals surface area contributed by atoms with E-state index in [0.717, 1.165) is 25.5 Å². The molecule has 5 nitrogen and oxygen atoms in total. The first kappa shape index (κ1) is 24.1. The number of aromatic hydroxyl groups is 1. The molecule has 0 amide bonds. The molecular weight excluding hydrogens is 395 g/mol. The average Bonchev–Trinajstić information content (AvgIpc) is 2.66. The third-order valence-corrected chi connectivity index (χ3v) is 5.48. The number of hydrogen-bond acceptors (Lipinski definition) is 5. The van der Waals surface area contributed by atoms with Crippen molar-refractivity contribution in [1.82, 2.24) is 15.1 Å². The van der Waals surface area contributed by atoms with Crippen molar-refractivity contribution in [3.63, 3.8) is 0 Å². The molecule has 8 heteroatoms. The number of rotatable bonds is 8. The molecule has 0 aliphatic heterocycles. The fourth-order valence-electron chi connectivity index (χ4n) is 3.19. The lowest BCUT2D eigenvalue weighted by Crippen LogP contribution is -2.27. The van der Waals surface area contributed by atoms with E-state index in [1.807, 2.05) is 6.92 Å². The maximum Gasteiger partial charge on any atom is 0.416 e. The molecule has 2 aromatic rings. The summed E-state index contributed by atoms with van der Waals surface area (Å²) in [7, 11) is 2.07. The van der Waals surface area contributed by atoms with Crippen molar-refractivity contribution in [3.8, 4) is 17.0 Å². The van der Waals surface area contributed by atoms with Gasteiger partial charge in [0.25, 0.3) is 0 Å². The van der Waals surface area contributed by atoms with Crippen LogP contribution in [0.1, 0.15) is 56.5 Å². The monoisotopic (exact) mass is 425 g/mol. The molecule has 0 aliphatic carbocycles. The third-order valence-electron chi connectivity index (χ3n) is 5.48. The van der Waals surface area contributed by atoms with Crippen molar-refractivity contribution in [2.45, 2.75) is 58.9 Å². The molecule has 1 aromatic heterocycles. The van der Waals surface area contributed by atoms with E-state index in [2.05, 4.69) is 36.0 Å². The standard InChI is InChI=1S/C22H30F3N3O2/c1-13(2)28(5)10-6-7-14(3)21(30)18-11-15(4)20(27-26-18)17-9-8-16(12-19(17)29)22(23,24)25/h8-9,11-14,21,29-30H,6-7,10H2,1-5H3/t14-,21+/m0/s1. The van der Waals surface area contributed by atoms with Crippen LogP contribution in [0.5, 0.6) is 5.75 Å². The summed E-state index contributed by atoms with van der Waals surface area (Å²) in [4.78, 5) is 2.24. The Labute approximate surface area is 175 Å². The van der Waals surface area contributed by atoms with Crippen LogP contribution >= 0.6 is 0 Å². The Balaban J connectivity index is 2.13. The maximum atomic E-state index is 12.8. The minimum atomic E-state index is -4.54. The van der Waals surface area contributed by atoms with Crippen LogP contribution in [0.2, 0.25) is 0 Å². The first-order chi connectivity index (χ1) is 13.9. The molecule has 2 atom stereocenters. The zero-order chi connectivity index (χ0) is 22.6. The first-order valence-electron chi connectivity index (χ1n) is 10.0. The highest BCUT2D eigenvalue weighted by Gasteiger charge is 2.31. The summed E-state index contributed by atoms with van der Waals surface area (Å²) in [5.74, 6) is -0.539. The number of hydrogen-bond donors (Lipinski definition) is 2. The van der Waals surface area contributed by atoms with E-state index in [9.17, 15) is 23.4 Å². The van der Waals surface area contributed by atoms with E-state index in [1.54, 1.807) is 13.0 Å². The second kappa shape index (κ2) is 9.75. The van der Waals surface area contributed by atoms with Gasteiger partial charge in [-0.3, -0.25) is 0 Å². The van der Waals surface area contributed by atoms with Crippen molar-refractivity contribution < 1.29 is 23.4 Å². The number of benzene rings is 1. The van der Waals surface area contributed by atoms with Crippen LogP contribution < -0.4 is 0 Å². The molecule has 2 rings (SSSR count). The number of phenols is 1. The number of aryl methyl sites for hydroxylation is 1. The minimum Gasteiger partial charge on any atom is -0.507 e. The maximum absolute atomic E-state index is 12.8. The number of aliphatic hydroxyl groups is 1. The number of nitrogens with zero attached hydrogens (tertiary/aromatic N) is 3. The molecule has 0 unspecified atom stereocenters. The summed E-state index contributed by atoms with van der Waals surface area (Å²) in [6.45, 7) is 8.87. The first-order valence-corrected chi connectivity index (χ1v) is 10.0. The van der Waals surface area contributed by atoms with Crippen molar-refractivity contribution >= 4 is 0 Å². The Morgan fingerprint density at radius 3 is 2.30 bits per heavy atom. The largest absolute Gasteiger partial charge is 0.507 e. The van der Waals surface area contributed by atoms with E-state index in [0.29, 0.717) is 23.4 Å². The Morgan fingerprint density at radius 1 is 1.10 bits per heavy atom. The molecule has 0 fully saturated rings. The Bertz CT molecular complexity index is 856. The quantitative estimate of drug-likeness (QED) is 0.625. The summed E-state index contributed by atoms with van der Waals surface area (Å²) < 4.78 is 38.4. The fourth-order valence-corrected chi connectivity index (χ4v) is 3.19. The lowest BCUT2D eigenvalue weighted by atomic mass is 9.95. The van der Waals surface area contributed by atoms with E-state index >= 15 is 0 Å². The number of alkyl halides is 3. The van der Waals surface area contributed by atoms with E-state index in [4.69, 9.17) is 0 Å². The smallest absolute Gasteiger partial charge is 0.416 e. The molecule has 30 heavy (non-hydrogen) atoms. The molecule has 1 aromatic carbocycles. The highest BCUT2D eigenvalue weighted by molar-refractivity contribution is 5.69. The van der Waals surface area contributed by atoms with Crippen LogP contribution in [0.4, 0.5) is 13.2 Å². The Kier molecular flexibility index (Phi) is 7.82. The van der Waals surface area contributed by atoms with Crippen molar-refractivity contribution in [1.29, 1.82) is 0 Å². The normalized spacial score (nSPS) is 14.4. The second-order valence-corrected chi connectivity index (χ2v) is 8.17. The van der Waals surface area contributed by atoms with E-state index in [-0.39, 0.29) is 17.2 Å². The van der Waals surface area contributed by atoms with E-state index < -0.39 is 23.6 Å². The Hall–Kier alpha value is -2.19. The van der Waals surface area contributed by atoms with Crippen LogP contribution in [0.25, 0.3) is 11.3 Å². The van der Waals surface area contributed by atoms with Crippen LogP contribution in [0.15, 0.2) is 24.3 Å². The molecule has 0 saturated heterocycles. The van der Waals surface area contributed by atoms with Crippen LogP contribution in [0, 0.1) is 12.8 Å². The van der Waals surface area contributed by atoms with Crippen LogP contribution in [-0.2, 0) is 6.18 Å². The van der Waals surface area contributed by atoms with Crippen LogP contribution in [0.3, 0.4) is 0 Å². The van der Waals surface area contributed by atoms with Gasteiger partial charge >= 0.3 is 6.18 Å². The van der Waals surface area contributed by atoms with Gasteiger partial charge in [0.05, 0.1) is 17.0 Å². The third kappa shape index (κ3) is 5.92.